The van der Waals surface area contributed by atoms with Gasteiger partial charge < -0.3 is 4.74 Å². The van der Waals surface area contributed by atoms with Crippen molar-refractivity contribution >= 4 is 21.9 Å². The summed E-state index contributed by atoms with van der Waals surface area (Å²) in [7, 11) is 1.45. The molecule has 1 aliphatic rings. The lowest BCUT2D eigenvalue weighted by Crippen LogP contribution is -2.02. The van der Waals surface area contributed by atoms with Crippen LogP contribution in [0.5, 0.6) is 0 Å². The second-order valence-electron chi connectivity index (χ2n) is 4.37. The highest BCUT2D eigenvalue weighted by atomic mass is 79.9. The van der Waals surface area contributed by atoms with Crippen molar-refractivity contribution in [3.8, 4) is 0 Å². The molecule has 1 aliphatic carbocycles. The lowest BCUT2D eigenvalue weighted by atomic mass is 10.1. The maximum atomic E-state index is 11.1. The van der Waals surface area contributed by atoms with Crippen molar-refractivity contribution in [1.82, 2.24) is 0 Å². The minimum Gasteiger partial charge on any atom is -0.469 e. The quantitative estimate of drug-likeness (QED) is 0.793. The highest BCUT2D eigenvalue weighted by molar-refractivity contribution is 9.10. The first-order valence-corrected chi connectivity index (χ1v) is 6.29. The molecule has 1 aromatic rings. The number of hydrogen-bond donors (Lipinski definition) is 0. The van der Waals surface area contributed by atoms with Crippen molar-refractivity contribution in [1.29, 1.82) is 0 Å². The number of methoxy groups -OCH3 is 1. The molecule has 0 radical (unpaired) electrons. The molecule has 3 heteroatoms. The van der Waals surface area contributed by atoms with Crippen LogP contribution in [0.25, 0.3) is 0 Å². The predicted octanol–water partition coefficient (Wildman–Crippen LogP) is 3.19. The predicted molar refractivity (Wildman–Crippen MR) is 66.1 cm³/mol. The average Bonchev–Trinajstić information content (AvgIpc) is 3.00. The molecule has 1 aromatic carbocycles. The first-order valence-electron chi connectivity index (χ1n) is 5.50. The second-order valence-corrected chi connectivity index (χ2v) is 5.28. The van der Waals surface area contributed by atoms with Crippen LogP contribution < -0.4 is 0 Å². The molecule has 1 saturated carbocycles. The number of carbonyl (C=O) groups is 1. The van der Waals surface area contributed by atoms with E-state index in [1.54, 1.807) is 0 Å². The molecule has 0 bridgehead atoms. The van der Waals surface area contributed by atoms with E-state index < -0.39 is 0 Å². The van der Waals surface area contributed by atoms with E-state index in [1.807, 2.05) is 0 Å². The van der Waals surface area contributed by atoms with E-state index in [9.17, 15) is 4.79 Å². The number of halogens is 1. The molecule has 0 spiro atoms. The monoisotopic (exact) mass is 282 g/mol. The molecule has 2 atom stereocenters. The fourth-order valence-corrected chi connectivity index (χ4v) is 2.30. The van der Waals surface area contributed by atoms with E-state index >= 15 is 0 Å². The van der Waals surface area contributed by atoms with Gasteiger partial charge in [-0.1, -0.05) is 28.1 Å². The Morgan fingerprint density at radius 2 is 2.06 bits per heavy atom. The standard InChI is InChI=1S/C13H15BrO2/c1-16-13(15)8-11-7-10(11)6-9-2-4-12(14)5-3-9/h2-5,10-11H,6-8H2,1H3/t10-,11-/m0/s1. The zero-order chi connectivity index (χ0) is 11.5. The third-order valence-corrected chi connectivity index (χ3v) is 3.67. The first-order chi connectivity index (χ1) is 7.69. The third kappa shape index (κ3) is 3.08. The average molecular weight is 283 g/mol. The van der Waals surface area contributed by atoms with E-state index in [2.05, 4.69) is 44.9 Å². The zero-order valence-corrected chi connectivity index (χ0v) is 10.9. The molecule has 1 fully saturated rings. The molecule has 2 nitrogen and oxygen atoms in total. The van der Waals surface area contributed by atoms with E-state index in [1.165, 1.54) is 12.7 Å². The normalized spacial score (nSPS) is 22.9. The highest BCUT2D eigenvalue weighted by Gasteiger charge is 2.38. The van der Waals surface area contributed by atoms with Gasteiger partial charge >= 0.3 is 5.97 Å². The molecule has 0 aliphatic heterocycles. The van der Waals surface area contributed by atoms with Crippen molar-refractivity contribution in [2.24, 2.45) is 11.8 Å². The molecular formula is C13H15BrO2. The number of rotatable bonds is 4. The number of esters is 1. The van der Waals surface area contributed by atoms with Gasteiger partial charge in [-0.3, -0.25) is 4.79 Å². The zero-order valence-electron chi connectivity index (χ0n) is 9.28. The van der Waals surface area contributed by atoms with Crippen LogP contribution in [-0.2, 0) is 16.0 Å². The van der Waals surface area contributed by atoms with Crippen molar-refractivity contribution in [2.45, 2.75) is 19.3 Å². The Morgan fingerprint density at radius 1 is 1.38 bits per heavy atom. The van der Waals surface area contributed by atoms with Gasteiger partial charge in [0.1, 0.15) is 0 Å². The summed E-state index contributed by atoms with van der Waals surface area (Å²) < 4.78 is 5.78. The fourth-order valence-electron chi connectivity index (χ4n) is 2.03. The Balaban J connectivity index is 1.80. The molecule has 2 rings (SSSR count). The molecule has 0 heterocycles. The molecule has 0 amide bonds. The van der Waals surface area contributed by atoms with Crippen LogP contribution in [0.4, 0.5) is 0 Å². The fraction of sp³-hybridized carbons (Fsp3) is 0.462. The topological polar surface area (TPSA) is 26.3 Å². The van der Waals surface area contributed by atoms with Crippen LogP contribution in [0.15, 0.2) is 28.7 Å². The molecule has 0 saturated heterocycles. The molecule has 0 aromatic heterocycles. The number of ether oxygens (including phenoxy) is 1. The van der Waals surface area contributed by atoms with Crippen LogP contribution in [0.1, 0.15) is 18.4 Å². The third-order valence-electron chi connectivity index (χ3n) is 3.14. The largest absolute Gasteiger partial charge is 0.469 e. The smallest absolute Gasteiger partial charge is 0.305 e. The van der Waals surface area contributed by atoms with Gasteiger partial charge in [-0.2, -0.15) is 0 Å². The Labute approximate surface area is 104 Å². The highest BCUT2D eigenvalue weighted by Crippen LogP contribution is 2.43. The van der Waals surface area contributed by atoms with Crippen LogP contribution in [0.2, 0.25) is 0 Å². The van der Waals surface area contributed by atoms with Crippen LogP contribution >= 0.6 is 15.9 Å². The summed E-state index contributed by atoms with van der Waals surface area (Å²) in [6, 6.07) is 8.40. The number of hydrogen-bond acceptors (Lipinski definition) is 2. The van der Waals surface area contributed by atoms with Crippen molar-refractivity contribution < 1.29 is 9.53 Å². The van der Waals surface area contributed by atoms with E-state index in [0.29, 0.717) is 18.3 Å². The summed E-state index contributed by atoms with van der Waals surface area (Å²) in [5.74, 6) is 1.12. The molecular weight excluding hydrogens is 268 g/mol. The van der Waals surface area contributed by atoms with Crippen LogP contribution in [0, 0.1) is 11.8 Å². The first kappa shape index (κ1) is 11.6. The van der Waals surface area contributed by atoms with Gasteiger partial charge in [0, 0.05) is 10.9 Å². The van der Waals surface area contributed by atoms with Crippen molar-refractivity contribution in [3.63, 3.8) is 0 Å². The Hall–Kier alpha value is -0.830. The van der Waals surface area contributed by atoms with E-state index in [0.717, 1.165) is 17.3 Å². The van der Waals surface area contributed by atoms with E-state index in [-0.39, 0.29) is 5.97 Å². The van der Waals surface area contributed by atoms with Gasteiger partial charge in [-0.15, -0.1) is 0 Å². The Kier molecular flexibility index (Phi) is 3.64. The summed E-state index contributed by atoms with van der Waals surface area (Å²) in [6.45, 7) is 0. The summed E-state index contributed by atoms with van der Waals surface area (Å²) in [5.41, 5.74) is 1.35. The summed E-state index contributed by atoms with van der Waals surface area (Å²) in [5, 5.41) is 0. The van der Waals surface area contributed by atoms with Crippen molar-refractivity contribution in [3.05, 3.63) is 34.3 Å². The summed E-state index contributed by atoms with van der Waals surface area (Å²) >= 11 is 3.42. The summed E-state index contributed by atoms with van der Waals surface area (Å²) in [4.78, 5) is 11.1. The second kappa shape index (κ2) is 5.00. The molecule has 86 valence electrons. The van der Waals surface area contributed by atoms with Crippen molar-refractivity contribution in [2.75, 3.05) is 7.11 Å². The number of carbonyl (C=O) groups excluding carboxylic acids is 1. The lowest BCUT2D eigenvalue weighted by molar-refractivity contribution is -0.141. The van der Waals surface area contributed by atoms with E-state index in [4.69, 9.17) is 0 Å². The maximum Gasteiger partial charge on any atom is 0.305 e. The van der Waals surface area contributed by atoms with Gasteiger partial charge in [0.2, 0.25) is 0 Å². The Morgan fingerprint density at radius 3 is 2.69 bits per heavy atom. The minimum absolute atomic E-state index is 0.0803. The number of benzene rings is 1. The summed E-state index contributed by atoms with van der Waals surface area (Å²) in [6.07, 6.45) is 2.82. The van der Waals surface area contributed by atoms with Crippen LogP contribution in [-0.4, -0.2) is 13.1 Å². The lowest BCUT2D eigenvalue weighted by Gasteiger charge is -2.01. The van der Waals surface area contributed by atoms with Crippen LogP contribution in [0.3, 0.4) is 0 Å². The van der Waals surface area contributed by atoms with Gasteiger partial charge in [0.25, 0.3) is 0 Å². The minimum atomic E-state index is -0.0803. The van der Waals surface area contributed by atoms with Gasteiger partial charge in [-0.25, -0.2) is 0 Å². The molecule has 16 heavy (non-hydrogen) atoms. The van der Waals surface area contributed by atoms with Gasteiger partial charge in [0.15, 0.2) is 0 Å². The molecule has 0 N–H and O–H groups in total. The van der Waals surface area contributed by atoms with Gasteiger partial charge in [-0.05, 0) is 42.4 Å². The Bertz CT molecular complexity index is 372. The maximum absolute atomic E-state index is 11.1. The SMILES string of the molecule is COC(=O)C[C@@H]1C[C@@H]1Cc1ccc(Br)cc1. The van der Waals surface area contributed by atoms with Gasteiger partial charge in [0.05, 0.1) is 7.11 Å². The molecule has 0 unspecified atom stereocenters.